The van der Waals surface area contributed by atoms with Gasteiger partial charge in [0.2, 0.25) is 0 Å². The summed E-state index contributed by atoms with van der Waals surface area (Å²) in [5.41, 5.74) is 1.08. The van der Waals surface area contributed by atoms with Gasteiger partial charge in [-0.25, -0.2) is 0 Å². The van der Waals surface area contributed by atoms with Crippen LogP contribution < -0.4 is 10.1 Å². The molecule has 0 radical (unpaired) electrons. The van der Waals surface area contributed by atoms with Crippen molar-refractivity contribution in [3.8, 4) is 5.75 Å². The van der Waals surface area contributed by atoms with Crippen LogP contribution in [0.25, 0.3) is 0 Å². The Morgan fingerprint density at radius 1 is 1.47 bits per heavy atom. The molecule has 1 saturated carbocycles. The maximum atomic E-state index is 5.49. The van der Waals surface area contributed by atoms with E-state index in [0.29, 0.717) is 12.0 Å². The summed E-state index contributed by atoms with van der Waals surface area (Å²) in [5, 5.41) is 3.68. The van der Waals surface area contributed by atoms with E-state index < -0.39 is 0 Å². The maximum absolute atomic E-state index is 5.49. The van der Waals surface area contributed by atoms with Crippen molar-refractivity contribution in [1.82, 2.24) is 10.3 Å². The zero-order valence-corrected chi connectivity index (χ0v) is 12.4. The van der Waals surface area contributed by atoms with Gasteiger partial charge in [-0.3, -0.25) is 4.98 Å². The fraction of sp³-hybridized carbons (Fsp3) is 0.688. The first kappa shape index (κ1) is 14.3. The predicted octanol–water partition coefficient (Wildman–Crippen LogP) is 3.57. The van der Waals surface area contributed by atoms with Gasteiger partial charge in [-0.1, -0.05) is 20.3 Å². The van der Waals surface area contributed by atoms with Crippen LogP contribution in [0.2, 0.25) is 0 Å². The second-order valence-electron chi connectivity index (χ2n) is 5.70. The molecule has 3 heteroatoms. The largest absolute Gasteiger partial charge is 0.495 e. The van der Waals surface area contributed by atoms with Crippen LogP contribution in [0.5, 0.6) is 5.75 Å². The number of aromatic nitrogens is 1. The van der Waals surface area contributed by atoms with Crippen LogP contribution in [-0.4, -0.2) is 18.6 Å². The molecule has 0 aromatic carbocycles. The third kappa shape index (κ3) is 3.47. The Labute approximate surface area is 116 Å². The Balaban J connectivity index is 2.21. The highest BCUT2D eigenvalue weighted by Gasteiger charge is 2.31. The zero-order chi connectivity index (χ0) is 13.7. The third-order valence-electron chi connectivity index (χ3n) is 4.14. The van der Waals surface area contributed by atoms with E-state index in [1.54, 1.807) is 7.11 Å². The highest BCUT2D eigenvalue weighted by Crippen LogP contribution is 2.40. The van der Waals surface area contributed by atoms with E-state index in [-0.39, 0.29) is 0 Å². The van der Waals surface area contributed by atoms with Crippen LogP contribution in [0.4, 0.5) is 0 Å². The molecule has 2 rings (SSSR count). The molecule has 1 fully saturated rings. The van der Waals surface area contributed by atoms with Crippen molar-refractivity contribution in [3.63, 3.8) is 0 Å². The van der Waals surface area contributed by atoms with Crippen molar-refractivity contribution >= 4 is 0 Å². The number of rotatable bonds is 6. The van der Waals surface area contributed by atoms with Crippen LogP contribution in [0.3, 0.4) is 0 Å². The monoisotopic (exact) mass is 262 g/mol. The van der Waals surface area contributed by atoms with Gasteiger partial charge in [0.25, 0.3) is 0 Å². The predicted molar refractivity (Wildman–Crippen MR) is 78.3 cm³/mol. The third-order valence-corrected chi connectivity index (χ3v) is 4.14. The standard InChI is InChI=1S/C16H26N2O/c1-4-9-17-15(13-8-7-12(2)11-13)16-14(19-3)6-5-10-18-16/h5-6,10,12-13,15,17H,4,7-9,11H2,1-3H3. The Morgan fingerprint density at radius 2 is 2.32 bits per heavy atom. The normalized spacial score (nSPS) is 24.4. The molecular weight excluding hydrogens is 236 g/mol. The maximum Gasteiger partial charge on any atom is 0.141 e. The quantitative estimate of drug-likeness (QED) is 0.851. The minimum atomic E-state index is 0.334. The first-order valence-electron chi connectivity index (χ1n) is 7.48. The molecule has 1 aromatic rings. The summed E-state index contributed by atoms with van der Waals surface area (Å²) >= 11 is 0. The average Bonchev–Trinajstić information content (AvgIpc) is 2.86. The van der Waals surface area contributed by atoms with Crippen molar-refractivity contribution in [2.75, 3.05) is 13.7 Å². The Morgan fingerprint density at radius 3 is 2.95 bits per heavy atom. The smallest absolute Gasteiger partial charge is 0.141 e. The van der Waals surface area contributed by atoms with Gasteiger partial charge in [-0.05, 0) is 49.8 Å². The molecule has 0 amide bonds. The molecule has 1 aliphatic carbocycles. The van der Waals surface area contributed by atoms with Gasteiger partial charge in [0.05, 0.1) is 18.8 Å². The van der Waals surface area contributed by atoms with Gasteiger partial charge in [0.1, 0.15) is 5.75 Å². The highest BCUT2D eigenvalue weighted by molar-refractivity contribution is 5.30. The summed E-state index contributed by atoms with van der Waals surface area (Å²) in [6.07, 6.45) is 6.94. The van der Waals surface area contributed by atoms with E-state index in [2.05, 4.69) is 24.1 Å². The van der Waals surface area contributed by atoms with Gasteiger partial charge >= 0.3 is 0 Å². The molecule has 1 N–H and O–H groups in total. The fourth-order valence-electron chi connectivity index (χ4n) is 3.15. The summed E-state index contributed by atoms with van der Waals surface area (Å²) < 4.78 is 5.49. The van der Waals surface area contributed by atoms with E-state index >= 15 is 0 Å². The number of nitrogens with zero attached hydrogens (tertiary/aromatic N) is 1. The molecule has 3 unspecified atom stereocenters. The molecule has 1 aliphatic rings. The van der Waals surface area contributed by atoms with Crippen molar-refractivity contribution in [3.05, 3.63) is 24.0 Å². The van der Waals surface area contributed by atoms with E-state index in [4.69, 9.17) is 4.74 Å². The number of nitrogens with one attached hydrogen (secondary N) is 1. The average molecular weight is 262 g/mol. The van der Waals surface area contributed by atoms with Crippen LogP contribution in [0, 0.1) is 11.8 Å². The first-order chi connectivity index (χ1) is 9.26. The van der Waals surface area contributed by atoms with E-state index in [9.17, 15) is 0 Å². The molecule has 0 saturated heterocycles. The number of pyridine rings is 1. The lowest BCUT2D eigenvalue weighted by Gasteiger charge is -2.25. The molecule has 1 heterocycles. The molecule has 3 atom stereocenters. The SMILES string of the molecule is CCCNC(c1ncccc1OC)C1CCC(C)C1. The summed E-state index contributed by atoms with van der Waals surface area (Å²) in [7, 11) is 1.73. The molecule has 19 heavy (non-hydrogen) atoms. The van der Waals surface area contributed by atoms with Crippen LogP contribution in [0.1, 0.15) is 51.3 Å². The number of hydrogen-bond acceptors (Lipinski definition) is 3. The van der Waals surface area contributed by atoms with E-state index in [1.165, 1.54) is 19.3 Å². The first-order valence-corrected chi connectivity index (χ1v) is 7.48. The van der Waals surface area contributed by atoms with Crippen molar-refractivity contribution < 1.29 is 4.74 Å². The molecule has 0 bridgehead atoms. The topological polar surface area (TPSA) is 34.2 Å². The van der Waals surface area contributed by atoms with Gasteiger partial charge in [-0.2, -0.15) is 0 Å². The lowest BCUT2D eigenvalue weighted by molar-refractivity contribution is 0.332. The van der Waals surface area contributed by atoms with Crippen molar-refractivity contribution in [1.29, 1.82) is 0 Å². The molecule has 3 nitrogen and oxygen atoms in total. The van der Waals surface area contributed by atoms with Crippen molar-refractivity contribution in [2.45, 2.75) is 45.6 Å². The summed E-state index contributed by atoms with van der Waals surface area (Å²) in [5.74, 6) is 2.44. The second-order valence-corrected chi connectivity index (χ2v) is 5.70. The summed E-state index contributed by atoms with van der Waals surface area (Å²) in [4.78, 5) is 4.58. The number of methoxy groups -OCH3 is 1. The molecule has 0 spiro atoms. The molecule has 1 aromatic heterocycles. The van der Waals surface area contributed by atoms with E-state index in [1.807, 2.05) is 18.3 Å². The highest BCUT2D eigenvalue weighted by atomic mass is 16.5. The lowest BCUT2D eigenvalue weighted by atomic mass is 9.93. The second kappa shape index (κ2) is 6.90. The molecular formula is C16H26N2O. The molecule has 106 valence electrons. The number of hydrogen-bond donors (Lipinski definition) is 1. The van der Waals surface area contributed by atoms with Crippen LogP contribution in [-0.2, 0) is 0 Å². The minimum Gasteiger partial charge on any atom is -0.495 e. The van der Waals surface area contributed by atoms with Gasteiger partial charge in [0, 0.05) is 6.20 Å². The Hall–Kier alpha value is -1.09. The zero-order valence-electron chi connectivity index (χ0n) is 12.4. The lowest BCUT2D eigenvalue weighted by Crippen LogP contribution is -2.29. The van der Waals surface area contributed by atoms with Gasteiger partial charge < -0.3 is 10.1 Å². The van der Waals surface area contributed by atoms with Gasteiger partial charge in [-0.15, -0.1) is 0 Å². The molecule has 0 aliphatic heterocycles. The van der Waals surface area contributed by atoms with Gasteiger partial charge in [0.15, 0.2) is 0 Å². The summed E-state index contributed by atoms with van der Waals surface area (Å²) in [6.45, 7) is 5.60. The van der Waals surface area contributed by atoms with Crippen LogP contribution >= 0.6 is 0 Å². The fourth-order valence-corrected chi connectivity index (χ4v) is 3.15. The minimum absolute atomic E-state index is 0.334. The van der Waals surface area contributed by atoms with Crippen LogP contribution in [0.15, 0.2) is 18.3 Å². The Kier molecular flexibility index (Phi) is 5.20. The summed E-state index contributed by atoms with van der Waals surface area (Å²) in [6, 6.07) is 4.29. The van der Waals surface area contributed by atoms with Crippen molar-refractivity contribution in [2.24, 2.45) is 11.8 Å². The number of ether oxygens (including phenoxy) is 1. The van der Waals surface area contributed by atoms with E-state index in [0.717, 1.165) is 30.3 Å². The Bertz CT molecular complexity index is 394.